The first kappa shape index (κ1) is 107. The van der Waals surface area contributed by atoms with E-state index >= 15 is 0 Å². The second-order valence-electron chi connectivity index (χ2n) is 34.4. The van der Waals surface area contributed by atoms with Crippen LogP contribution in [0, 0.1) is 34.6 Å². The van der Waals surface area contributed by atoms with Crippen LogP contribution in [0.3, 0.4) is 0 Å². The van der Waals surface area contributed by atoms with Gasteiger partial charge < -0.3 is 41.2 Å². The van der Waals surface area contributed by atoms with Gasteiger partial charge in [-0.15, -0.1) is 24.4 Å². The number of aromatic nitrogens is 11. The second-order valence-corrected chi connectivity index (χ2v) is 40.2. The van der Waals surface area contributed by atoms with Crippen LogP contribution >= 0.6 is 111 Å². The number of benzene rings is 2. The Bertz CT molecular complexity index is 6270. The maximum atomic E-state index is 13.3. The molecule has 8 aromatic heterocycles. The Kier molecular flexibility index (Phi) is 37.4. The van der Waals surface area contributed by atoms with Crippen LogP contribution in [-0.4, -0.2) is 108 Å². The molecule has 0 radical (unpaired) electrons. The topological polar surface area (TPSA) is 389 Å². The number of halogens is 4. The van der Waals surface area contributed by atoms with Crippen LogP contribution in [-0.2, 0) is 44.6 Å². The van der Waals surface area contributed by atoms with Gasteiger partial charge in [0, 0.05) is 37.0 Å². The van der Waals surface area contributed by atoms with Crippen LogP contribution in [0.1, 0.15) is 280 Å². The quantitative estimate of drug-likeness (QED) is 0.0273. The SMILES string of the molecule is C.CC.CC(=O)O.COc1ccc(CS)cc1.COc1ccc(CSc2cc(C)c3n(c2=O)C2(CCCCC2)NC3=O)cc1.Cc1cc(Br)c(=O)n2c1C(=O)NC21CCCCC1.Cc1cc(S)c(=O)n2c1C(=O)NC21CCCCC1.Cc1cc(Sc2ccnc(Cl)n2)c(=O)n2c1C(=O)NC21CCCCC1.Cc1cc(Sc2ccncn2)c(=O)n2c1C(=O)NC21CCCCC1.Clc1ccnc(Cl)n1. The molecule has 5 fully saturated rings. The van der Waals surface area contributed by atoms with Crippen molar-refractivity contribution in [3.63, 3.8) is 0 Å². The number of ether oxygens (including phenoxy) is 2. The number of aliphatic carboxylic acids is 1. The number of thioether (sulfide) groups is 1. The van der Waals surface area contributed by atoms with Gasteiger partial charge in [-0.2, -0.15) is 12.6 Å². The van der Waals surface area contributed by atoms with Crippen LogP contribution in [0.2, 0.25) is 15.7 Å². The van der Waals surface area contributed by atoms with E-state index in [0.717, 1.165) is 210 Å². The fraction of sp³-hybridized carbons (Fsp3) is 0.439. The van der Waals surface area contributed by atoms with E-state index in [2.05, 4.69) is 97.7 Å². The van der Waals surface area contributed by atoms with Crippen molar-refractivity contribution in [2.45, 2.75) is 293 Å². The van der Waals surface area contributed by atoms with Crippen molar-refractivity contribution in [3.05, 3.63) is 261 Å². The number of nitrogens with one attached hydrogen (secondary N) is 5. The minimum Gasteiger partial charge on any atom is -0.497 e. The molecule has 10 aliphatic rings. The number of carboxylic acids is 1. The summed E-state index contributed by atoms with van der Waals surface area (Å²) in [5, 5.41) is 24.8. The molecular weight excluding hydrogens is 1970 g/mol. The number of carbonyl (C=O) groups is 6. The smallest absolute Gasteiger partial charge is 0.300 e. The van der Waals surface area contributed by atoms with Crippen LogP contribution in [0.25, 0.3) is 0 Å². The Labute approximate surface area is 842 Å². The minimum absolute atomic E-state index is 0. The highest BCUT2D eigenvalue weighted by molar-refractivity contribution is 9.10. The minimum atomic E-state index is -0.833. The lowest BCUT2D eigenvalue weighted by Gasteiger charge is -2.35. The van der Waals surface area contributed by atoms with Gasteiger partial charge in [-0.1, -0.05) is 113 Å². The molecule has 2 aromatic carbocycles. The van der Waals surface area contributed by atoms with Gasteiger partial charge in [-0.05, 0) is 314 Å². The van der Waals surface area contributed by atoms with Crippen molar-refractivity contribution in [2.24, 2.45) is 0 Å². The molecule has 137 heavy (non-hydrogen) atoms. The summed E-state index contributed by atoms with van der Waals surface area (Å²) in [5.41, 5.74) is 5.89. The van der Waals surface area contributed by atoms with Crippen molar-refractivity contribution in [1.82, 2.24) is 79.3 Å². The van der Waals surface area contributed by atoms with Crippen molar-refractivity contribution in [3.8, 4) is 11.5 Å². The normalized spacial score (nSPS) is 17.0. The van der Waals surface area contributed by atoms with Gasteiger partial charge in [0.25, 0.3) is 63.3 Å². The molecule has 13 heterocycles. The van der Waals surface area contributed by atoms with E-state index < -0.39 is 34.3 Å². The first-order valence-corrected chi connectivity index (χ1v) is 51.0. The molecular formula is C98H116BrCl3N16O14S5. The Morgan fingerprint density at radius 1 is 0.431 bits per heavy atom. The fourth-order valence-corrected chi connectivity index (χ4v) is 23.5. The molecule has 39 heteroatoms. The third kappa shape index (κ3) is 24.3. The average Bonchev–Trinajstić information content (AvgIpc) is 1.49. The van der Waals surface area contributed by atoms with Gasteiger partial charge in [0.05, 0.1) is 38.3 Å². The van der Waals surface area contributed by atoms with Gasteiger partial charge in [0.15, 0.2) is 0 Å². The molecule has 6 N–H and O–H groups in total. The van der Waals surface area contributed by atoms with E-state index in [9.17, 15) is 47.9 Å². The lowest BCUT2D eigenvalue weighted by atomic mass is 9.89. The van der Waals surface area contributed by atoms with E-state index in [1.54, 1.807) is 91.9 Å². The number of hydrogen-bond acceptors (Lipinski definition) is 24. The lowest BCUT2D eigenvalue weighted by Crippen LogP contribution is -2.48. The Morgan fingerprint density at radius 3 is 1.08 bits per heavy atom. The van der Waals surface area contributed by atoms with Crippen molar-refractivity contribution >= 4 is 147 Å². The molecule has 20 rings (SSSR count). The number of aryl methyl sites for hydroxylation is 5. The standard InChI is InChI=1S/C21H24N2O3S.C17H17ClN4O2S.C17H18N4O2S.C13H15BrN2O2.C13H16N2O2S.C8H10OS.C4H2Cl2N2.C2H4O2.C2H6.CH4/c1-14-12-17(27-13-15-6-8-16(26-2)9-7-15)20(25)23-18(14)19(24)22-21(23)10-4-3-5-11-21;1-10-9-11(25-12-5-8-19-16(18)20-12)15(24)22-13(10)14(23)21-17(22)6-3-2-4-7-17;1-11-9-12(24-13-5-8-18-10-19-13)16(23)21-14(11)15(22)20-17(21)6-3-2-4-7-17;1-8-7-9(14)12(18)16-10(8)11(17)15-13(16)5-3-2-4-6-13;1-8-7-9(18)12(17)15-10(8)11(16)14-13(15)5-3-2-4-6-13;1-9-8-4-2-7(6-10)3-5-8;5-3-1-2-7-4(6)8-3;1-2(3)4;1-2;/h6-9,12H,3-5,10-11,13H2,1-2H3,(H,22,24);5,8-9H,2-4,6-7H2,1H3,(H,21,23);5,8-10H,2-4,6-7H2,1H3,(H,20,22);7H,2-6H2,1H3,(H,15,17);7,18H,2-6H2,1H3,(H,14,16);2-5,10H,6H2,1H3;1-2H;1H3,(H,3,4);1-2H3;1H4. The third-order valence-electron chi connectivity index (χ3n) is 25.2. The molecule has 5 spiro atoms. The highest BCUT2D eigenvalue weighted by Crippen LogP contribution is 2.44. The Hall–Kier alpha value is -10.1. The van der Waals surface area contributed by atoms with E-state index in [0.29, 0.717) is 68.5 Å². The molecule has 5 aliphatic heterocycles. The number of rotatable bonds is 10. The molecule has 5 saturated carbocycles. The third-order valence-corrected chi connectivity index (χ3v) is 30.0. The zero-order valence-electron chi connectivity index (χ0n) is 77.4. The van der Waals surface area contributed by atoms with Gasteiger partial charge in [0.2, 0.25) is 10.6 Å². The zero-order valence-corrected chi connectivity index (χ0v) is 85.5. The summed E-state index contributed by atoms with van der Waals surface area (Å²) in [6.07, 6.45) is 30.5. The number of carboxylic acid groups (broad SMARTS) is 1. The van der Waals surface area contributed by atoms with E-state index in [1.165, 1.54) is 66.2 Å². The van der Waals surface area contributed by atoms with Crippen LogP contribution in [0.4, 0.5) is 0 Å². The predicted molar refractivity (Wildman–Crippen MR) is 544 cm³/mol. The molecule has 30 nitrogen and oxygen atoms in total. The van der Waals surface area contributed by atoms with E-state index in [1.807, 2.05) is 103 Å². The van der Waals surface area contributed by atoms with Gasteiger partial charge in [-0.25, -0.2) is 29.9 Å². The number of methoxy groups -OCH3 is 2. The fourth-order valence-electron chi connectivity index (χ4n) is 19.2. The molecule has 730 valence electrons. The summed E-state index contributed by atoms with van der Waals surface area (Å²) in [4.78, 5) is 161. The Balaban J connectivity index is 0.000000155. The first-order chi connectivity index (χ1) is 65.1. The van der Waals surface area contributed by atoms with Gasteiger partial charge in [-0.3, -0.25) is 75.6 Å². The average molecular weight is 2090 g/mol. The molecule has 0 unspecified atom stereocenters. The Morgan fingerprint density at radius 2 is 0.745 bits per heavy atom. The van der Waals surface area contributed by atoms with Crippen LogP contribution < -0.4 is 63.9 Å². The molecule has 5 aliphatic carbocycles. The number of thiol groups is 2. The van der Waals surface area contributed by atoms with Crippen LogP contribution in [0.15, 0.2) is 180 Å². The first-order valence-electron chi connectivity index (χ1n) is 45.4. The highest BCUT2D eigenvalue weighted by Gasteiger charge is 2.51. The summed E-state index contributed by atoms with van der Waals surface area (Å²) >= 11 is 32.3. The van der Waals surface area contributed by atoms with E-state index in [4.69, 9.17) is 54.2 Å². The summed E-state index contributed by atoms with van der Waals surface area (Å²) in [5.74, 6) is 1.72. The predicted octanol–water partition coefficient (Wildman–Crippen LogP) is 19.1. The largest absolute Gasteiger partial charge is 0.497 e. The maximum Gasteiger partial charge on any atom is 0.300 e. The molecule has 5 amide bonds. The van der Waals surface area contributed by atoms with E-state index in [-0.39, 0.29) is 75.3 Å². The van der Waals surface area contributed by atoms with Gasteiger partial charge in [0.1, 0.15) is 89.8 Å². The molecule has 0 saturated heterocycles. The number of amides is 5. The number of hydrogen-bond donors (Lipinski definition) is 8. The zero-order chi connectivity index (χ0) is 98.1. The summed E-state index contributed by atoms with van der Waals surface area (Å²) < 4.78 is 19.2. The maximum absolute atomic E-state index is 13.3. The van der Waals surface area contributed by atoms with Crippen molar-refractivity contribution in [1.29, 1.82) is 0 Å². The number of pyridine rings is 5. The number of fused-ring (bicyclic) bond motifs is 10. The van der Waals surface area contributed by atoms with Crippen LogP contribution in [0.5, 0.6) is 11.5 Å². The second kappa shape index (κ2) is 47.7. The van der Waals surface area contributed by atoms with Crippen molar-refractivity contribution < 1.29 is 43.3 Å². The summed E-state index contributed by atoms with van der Waals surface area (Å²) in [6.45, 7) is 14.5. The molecule has 0 atom stereocenters. The highest BCUT2D eigenvalue weighted by atomic mass is 79.9. The number of carbonyl (C=O) groups excluding carboxylic acids is 5. The molecule has 10 aromatic rings. The lowest BCUT2D eigenvalue weighted by molar-refractivity contribution is -0.134. The summed E-state index contributed by atoms with van der Waals surface area (Å²) in [7, 11) is 3.31. The number of nitrogens with zero attached hydrogens (tertiary/aromatic N) is 11. The summed E-state index contributed by atoms with van der Waals surface area (Å²) in [6, 6.07) is 29.6. The van der Waals surface area contributed by atoms with Gasteiger partial charge >= 0.3 is 0 Å². The molecule has 0 bridgehead atoms. The monoisotopic (exact) mass is 2080 g/mol. The van der Waals surface area contributed by atoms with Crippen molar-refractivity contribution in [2.75, 3.05) is 14.2 Å².